The molecule has 0 aromatic rings. The Hall–Kier alpha value is -1.26. The standard InChI is InChI=1S/C15H27N3O2/c16-14(17-20)13-10-6-7-11-18(13)15(19)12-8-4-2-1-3-5-9-12/h12-13,20H,1-11H2,(H2,16,17). The smallest absolute Gasteiger partial charge is 0.226 e. The lowest BCUT2D eigenvalue weighted by molar-refractivity contribution is -0.138. The van der Waals surface area contributed by atoms with Crippen molar-refractivity contribution in [3.63, 3.8) is 0 Å². The number of rotatable bonds is 2. The number of amidine groups is 1. The zero-order valence-electron chi connectivity index (χ0n) is 12.3. The molecule has 0 radical (unpaired) electrons. The number of piperidine rings is 1. The van der Waals surface area contributed by atoms with Gasteiger partial charge in [-0.2, -0.15) is 0 Å². The minimum Gasteiger partial charge on any atom is -0.409 e. The molecule has 20 heavy (non-hydrogen) atoms. The molecule has 2 rings (SSSR count). The monoisotopic (exact) mass is 281 g/mol. The summed E-state index contributed by atoms with van der Waals surface area (Å²) in [6, 6.07) is -0.202. The predicted octanol–water partition coefficient (Wildman–Crippen LogP) is 2.47. The fourth-order valence-corrected chi connectivity index (χ4v) is 3.51. The van der Waals surface area contributed by atoms with Crippen molar-refractivity contribution in [2.75, 3.05) is 6.54 Å². The van der Waals surface area contributed by atoms with Crippen LogP contribution in [0, 0.1) is 5.92 Å². The molecule has 1 unspecified atom stereocenters. The van der Waals surface area contributed by atoms with Crippen molar-refractivity contribution in [2.45, 2.75) is 70.3 Å². The van der Waals surface area contributed by atoms with Crippen molar-refractivity contribution in [2.24, 2.45) is 16.8 Å². The van der Waals surface area contributed by atoms with Crippen LogP contribution >= 0.6 is 0 Å². The first kappa shape index (κ1) is 15.1. The number of carbonyl (C=O) groups excluding carboxylic acids is 1. The molecular formula is C15H27N3O2. The molecule has 3 N–H and O–H groups in total. The van der Waals surface area contributed by atoms with Gasteiger partial charge in [-0.3, -0.25) is 4.79 Å². The highest BCUT2D eigenvalue weighted by atomic mass is 16.4. The normalized spacial score (nSPS) is 26.9. The Morgan fingerprint density at radius 2 is 1.60 bits per heavy atom. The van der Waals surface area contributed by atoms with E-state index in [9.17, 15) is 4.79 Å². The summed E-state index contributed by atoms with van der Waals surface area (Å²) in [6.45, 7) is 0.746. The second-order valence-corrected chi connectivity index (χ2v) is 6.11. The molecule has 5 nitrogen and oxygen atoms in total. The lowest BCUT2D eigenvalue weighted by atomic mass is 9.88. The molecule has 1 aliphatic heterocycles. The van der Waals surface area contributed by atoms with Gasteiger partial charge < -0.3 is 15.8 Å². The SMILES string of the molecule is NC(=NO)C1CCCCN1C(=O)C1CCCCCCC1. The Bertz CT molecular complexity index is 349. The summed E-state index contributed by atoms with van der Waals surface area (Å²) in [5, 5.41) is 12.0. The van der Waals surface area contributed by atoms with E-state index in [-0.39, 0.29) is 23.7 Å². The third-order valence-electron chi connectivity index (χ3n) is 4.70. The third kappa shape index (κ3) is 3.64. The van der Waals surface area contributed by atoms with Gasteiger partial charge in [0.05, 0.1) is 6.04 Å². The van der Waals surface area contributed by atoms with Gasteiger partial charge in [-0.25, -0.2) is 0 Å². The second kappa shape index (κ2) is 7.50. The van der Waals surface area contributed by atoms with Gasteiger partial charge >= 0.3 is 0 Å². The number of amides is 1. The summed E-state index contributed by atoms with van der Waals surface area (Å²) in [6.07, 6.45) is 11.0. The Balaban J connectivity index is 2.04. The maximum absolute atomic E-state index is 12.8. The summed E-state index contributed by atoms with van der Waals surface area (Å²) in [5.74, 6) is 0.550. The highest BCUT2D eigenvalue weighted by molar-refractivity contribution is 5.90. The Morgan fingerprint density at radius 1 is 1.00 bits per heavy atom. The fourth-order valence-electron chi connectivity index (χ4n) is 3.51. The van der Waals surface area contributed by atoms with Crippen LogP contribution in [0.25, 0.3) is 0 Å². The second-order valence-electron chi connectivity index (χ2n) is 6.11. The molecule has 1 saturated carbocycles. The predicted molar refractivity (Wildman–Crippen MR) is 78.6 cm³/mol. The number of carbonyl (C=O) groups is 1. The van der Waals surface area contributed by atoms with E-state index in [2.05, 4.69) is 5.16 Å². The molecule has 1 atom stereocenters. The molecule has 5 heteroatoms. The average Bonchev–Trinajstić information content (AvgIpc) is 2.45. The van der Waals surface area contributed by atoms with E-state index in [0.717, 1.165) is 51.5 Å². The van der Waals surface area contributed by atoms with Crippen molar-refractivity contribution in [1.29, 1.82) is 0 Å². The summed E-state index contributed by atoms with van der Waals surface area (Å²) < 4.78 is 0. The lowest BCUT2D eigenvalue weighted by Crippen LogP contribution is -2.52. The number of hydrogen-bond donors (Lipinski definition) is 2. The van der Waals surface area contributed by atoms with E-state index in [0.29, 0.717) is 0 Å². The number of nitrogens with two attached hydrogens (primary N) is 1. The first-order valence-electron chi connectivity index (χ1n) is 8.02. The van der Waals surface area contributed by atoms with Crippen LogP contribution < -0.4 is 5.73 Å². The number of nitrogens with zero attached hydrogens (tertiary/aromatic N) is 2. The van der Waals surface area contributed by atoms with Crippen LogP contribution in [0.4, 0.5) is 0 Å². The number of oxime groups is 1. The summed E-state index contributed by atoms with van der Waals surface area (Å²) in [5.41, 5.74) is 5.77. The van der Waals surface area contributed by atoms with Crippen molar-refractivity contribution in [3.05, 3.63) is 0 Å². The van der Waals surface area contributed by atoms with Gasteiger partial charge in [-0.15, -0.1) is 0 Å². The molecule has 0 bridgehead atoms. The first-order chi connectivity index (χ1) is 9.74. The van der Waals surface area contributed by atoms with Crippen molar-refractivity contribution in [3.8, 4) is 0 Å². The fraction of sp³-hybridized carbons (Fsp3) is 0.867. The Morgan fingerprint density at radius 3 is 2.25 bits per heavy atom. The van der Waals surface area contributed by atoms with E-state index in [4.69, 9.17) is 10.9 Å². The van der Waals surface area contributed by atoms with Gasteiger partial charge in [-0.05, 0) is 32.1 Å². The van der Waals surface area contributed by atoms with E-state index in [1.54, 1.807) is 0 Å². The Kier molecular flexibility index (Phi) is 5.68. The summed E-state index contributed by atoms with van der Waals surface area (Å²) in [7, 11) is 0. The van der Waals surface area contributed by atoms with Crippen LogP contribution in [0.2, 0.25) is 0 Å². The van der Waals surface area contributed by atoms with Crippen molar-refractivity contribution < 1.29 is 10.0 Å². The molecule has 114 valence electrons. The van der Waals surface area contributed by atoms with Gasteiger partial charge in [0.15, 0.2) is 5.84 Å². The van der Waals surface area contributed by atoms with Crippen molar-refractivity contribution in [1.82, 2.24) is 4.90 Å². The minimum atomic E-state index is -0.202. The van der Waals surface area contributed by atoms with E-state index in [1.807, 2.05) is 4.90 Å². The van der Waals surface area contributed by atoms with Crippen molar-refractivity contribution >= 4 is 11.7 Å². The first-order valence-corrected chi connectivity index (χ1v) is 8.02. The van der Waals surface area contributed by atoms with Crippen LogP contribution in [0.3, 0.4) is 0 Å². The molecule has 2 aliphatic rings. The average molecular weight is 281 g/mol. The summed E-state index contributed by atoms with van der Waals surface area (Å²) >= 11 is 0. The molecule has 2 fully saturated rings. The van der Waals surface area contributed by atoms with Crippen LogP contribution in [-0.4, -0.2) is 34.4 Å². The molecule has 1 amide bonds. The molecule has 0 aromatic carbocycles. The largest absolute Gasteiger partial charge is 0.409 e. The molecular weight excluding hydrogens is 254 g/mol. The number of likely N-dealkylation sites (tertiary alicyclic amines) is 1. The molecule has 1 aliphatic carbocycles. The molecule has 1 saturated heterocycles. The van der Waals surface area contributed by atoms with Crippen LogP contribution in [0.5, 0.6) is 0 Å². The number of hydrogen-bond acceptors (Lipinski definition) is 3. The van der Waals surface area contributed by atoms with E-state index in [1.165, 1.54) is 19.3 Å². The van der Waals surface area contributed by atoms with E-state index < -0.39 is 0 Å². The third-order valence-corrected chi connectivity index (χ3v) is 4.70. The molecule has 1 heterocycles. The van der Waals surface area contributed by atoms with Gasteiger partial charge in [0.2, 0.25) is 5.91 Å². The highest BCUT2D eigenvalue weighted by Crippen LogP contribution is 2.27. The lowest BCUT2D eigenvalue weighted by Gasteiger charge is -2.37. The van der Waals surface area contributed by atoms with Gasteiger partial charge in [-0.1, -0.05) is 37.3 Å². The zero-order valence-corrected chi connectivity index (χ0v) is 12.3. The Labute approximate surface area is 121 Å². The van der Waals surface area contributed by atoms with Gasteiger partial charge in [0.25, 0.3) is 0 Å². The maximum atomic E-state index is 12.8. The minimum absolute atomic E-state index is 0.141. The van der Waals surface area contributed by atoms with Gasteiger partial charge in [0.1, 0.15) is 0 Å². The van der Waals surface area contributed by atoms with Crippen LogP contribution in [-0.2, 0) is 4.79 Å². The van der Waals surface area contributed by atoms with Crippen LogP contribution in [0.15, 0.2) is 5.16 Å². The quantitative estimate of drug-likeness (QED) is 0.353. The van der Waals surface area contributed by atoms with Gasteiger partial charge in [0, 0.05) is 12.5 Å². The molecule has 0 aromatic heterocycles. The van der Waals surface area contributed by atoms with Crippen LogP contribution in [0.1, 0.15) is 64.2 Å². The molecule has 0 spiro atoms. The highest BCUT2D eigenvalue weighted by Gasteiger charge is 2.33. The maximum Gasteiger partial charge on any atom is 0.226 e. The topological polar surface area (TPSA) is 78.9 Å². The van der Waals surface area contributed by atoms with E-state index >= 15 is 0 Å². The summed E-state index contributed by atoms with van der Waals surface area (Å²) in [4.78, 5) is 14.6. The zero-order chi connectivity index (χ0) is 14.4.